The molecule has 0 saturated carbocycles. The lowest BCUT2D eigenvalue weighted by Crippen LogP contribution is -2.62. The second kappa shape index (κ2) is 7.44. The third kappa shape index (κ3) is 5.95. The number of carbonyl (C=O) groups excluding carboxylic acids is 2. The normalized spacial score (nSPS) is 20.6. The average Bonchev–Trinajstić information content (AvgIpc) is 2.33. The van der Waals surface area contributed by atoms with E-state index in [9.17, 15) is 9.59 Å². The van der Waals surface area contributed by atoms with Crippen LogP contribution in [0.15, 0.2) is 0 Å². The van der Waals surface area contributed by atoms with Crippen molar-refractivity contribution >= 4 is 11.8 Å². The summed E-state index contributed by atoms with van der Waals surface area (Å²) in [6.07, 6.45) is 4.28. The molecule has 128 valence electrons. The van der Waals surface area contributed by atoms with Crippen LogP contribution in [0.25, 0.3) is 0 Å². The van der Waals surface area contributed by atoms with Gasteiger partial charge in [0.25, 0.3) is 0 Å². The number of unbranched alkanes of at least 4 members (excludes halogenated alkanes) is 1. The first kappa shape index (κ1) is 18.9. The van der Waals surface area contributed by atoms with E-state index in [1.54, 1.807) is 0 Å². The molecule has 0 aliphatic carbocycles. The van der Waals surface area contributed by atoms with Crippen LogP contribution in [0.5, 0.6) is 0 Å². The highest BCUT2D eigenvalue weighted by atomic mass is 16.2. The van der Waals surface area contributed by atoms with Gasteiger partial charge in [-0.3, -0.25) is 9.59 Å². The molecule has 5 heteroatoms. The van der Waals surface area contributed by atoms with E-state index in [2.05, 4.69) is 39.9 Å². The first-order chi connectivity index (χ1) is 10.1. The van der Waals surface area contributed by atoms with Crippen LogP contribution in [0.3, 0.4) is 0 Å². The zero-order valence-corrected chi connectivity index (χ0v) is 14.9. The molecule has 0 aromatic rings. The summed E-state index contributed by atoms with van der Waals surface area (Å²) in [6.45, 7) is 11.6. The molecule has 22 heavy (non-hydrogen) atoms. The maximum Gasteiger partial charge on any atom is 0.223 e. The SMILES string of the molecule is CCCCN(C(=O)CCC(N)=O)C1CC(C)(C)NC(C)(C)C1. The molecular formula is C17H33N3O2. The van der Waals surface area contributed by atoms with E-state index in [-0.39, 0.29) is 35.9 Å². The van der Waals surface area contributed by atoms with Crippen molar-refractivity contribution in [3.63, 3.8) is 0 Å². The van der Waals surface area contributed by atoms with E-state index in [0.717, 1.165) is 32.2 Å². The van der Waals surface area contributed by atoms with Gasteiger partial charge < -0.3 is 16.0 Å². The number of amides is 2. The molecule has 3 N–H and O–H groups in total. The van der Waals surface area contributed by atoms with Gasteiger partial charge in [-0.1, -0.05) is 13.3 Å². The highest BCUT2D eigenvalue weighted by Crippen LogP contribution is 2.32. The van der Waals surface area contributed by atoms with Crippen molar-refractivity contribution in [2.24, 2.45) is 5.73 Å². The molecule has 5 nitrogen and oxygen atoms in total. The van der Waals surface area contributed by atoms with Crippen LogP contribution >= 0.6 is 0 Å². The quantitative estimate of drug-likeness (QED) is 0.757. The molecule has 0 spiro atoms. The first-order valence-electron chi connectivity index (χ1n) is 8.43. The van der Waals surface area contributed by atoms with Crippen LogP contribution in [-0.4, -0.2) is 40.4 Å². The maximum absolute atomic E-state index is 12.6. The van der Waals surface area contributed by atoms with E-state index in [0.29, 0.717) is 0 Å². The Balaban J connectivity index is 2.85. The first-order valence-corrected chi connectivity index (χ1v) is 8.43. The minimum atomic E-state index is -0.408. The third-order valence-corrected chi connectivity index (χ3v) is 4.27. The predicted molar refractivity (Wildman–Crippen MR) is 89.4 cm³/mol. The number of nitrogens with two attached hydrogens (primary N) is 1. The van der Waals surface area contributed by atoms with E-state index < -0.39 is 5.91 Å². The van der Waals surface area contributed by atoms with E-state index in [1.807, 2.05) is 4.90 Å². The van der Waals surface area contributed by atoms with Gasteiger partial charge in [-0.05, 0) is 47.0 Å². The van der Waals surface area contributed by atoms with Crippen LogP contribution in [0.4, 0.5) is 0 Å². The molecule has 0 aromatic carbocycles. The molecule has 1 saturated heterocycles. The molecule has 1 aliphatic rings. The molecular weight excluding hydrogens is 278 g/mol. The molecule has 1 fully saturated rings. The summed E-state index contributed by atoms with van der Waals surface area (Å²) < 4.78 is 0. The van der Waals surface area contributed by atoms with Crippen LogP contribution < -0.4 is 11.1 Å². The summed E-state index contributed by atoms with van der Waals surface area (Å²) >= 11 is 0. The van der Waals surface area contributed by atoms with Gasteiger partial charge in [0.1, 0.15) is 0 Å². The summed E-state index contributed by atoms with van der Waals surface area (Å²) in [5.41, 5.74) is 5.19. The van der Waals surface area contributed by atoms with Crippen molar-refractivity contribution in [1.29, 1.82) is 0 Å². The second-order valence-corrected chi connectivity index (χ2v) is 7.86. The van der Waals surface area contributed by atoms with Gasteiger partial charge in [-0.15, -0.1) is 0 Å². The Morgan fingerprint density at radius 3 is 2.14 bits per heavy atom. The Kier molecular flexibility index (Phi) is 6.41. The summed E-state index contributed by atoms with van der Waals surface area (Å²) in [6, 6.07) is 0.221. The van der Waals surface area contributed by atoms with Crippen molar-refractivity contribution in [2.45, 2.75) is 90.3 Å². The van der Waals surface area contributed by atoms with E-state index in [4.69, 9.17) is 5.73 Å². The number of carbonyl (C=O) groups is 2. The van der Waals surface area contributed by atoms with Crippen LogP contribution in [0.2, 0.25) is 0 Å². The summed E-state index contributed by atoms with van der Waals surface area (Å²) in [5.74, 6) is -0.347. The number of nitrogens with one attached hydrogen (secondary N) is 1. The standard InChI is InChI=1S/C17H33N3O2/c1-6-7-10-20(15(22)9-8-14(18)21)13-11-16(2,3)19-17(4,5)12-13/h13,19H,6-12H2,1-5H3,(H2,18,21). The molecule has 0 atom stereocenters. The zero-order chi connectivity index (χ0) is 17.0. The molecule has 1 heterocycles. The Morgan fingerprint density at radius 2 is 1.68 bits per heavy atom. The molecule has 0 bridgehead atoms. The minimum Gasteiger partial charge on any atom is -0.370 e. The maximum atomic E-state index is 12.6. The Labute approximate surface area is 135 Å². The third-order valence-electron chi connectivity index (χ3n) is 4.27. The van der Waals surface area contributed by atoms with Crippen molar-refractivity contribution in [1.82, 2.24) is 10.2 Å². The van der Waals surface area contributed by atoms with E-state index >= 15 is 0 Å². The van der Waals surface area contributed by atoms with Gasteiger partial charge in [0.2, 0.25) is 11.8 Å². The Hall–Kier alpha value is -1.10. The van der Waals surface area contributed by atoms with Crippen molar-refractivity contribution in [3.8, 4) is 0 Å². The minimum absolute atomic E-state index is 0.000841. The number of piperidine rings is 1. The van der Waals surface area contributed by atoms with Gasteiger partial charge in [0, 0.05) is 36.5 Å². The number of rotatable bonds is 7. The summed E-state index contributed by atoms with van der Waals surface area (Å²) in [5, 5.41) is 3.65. The predicted octanol–water partition coefficient (Wildman–Crippen LogP) is 2.19. The monoisotopic (exact) mass is 311 g/mol. The lowest BCUT2D eigenvalue weighted by Gasteiger charge is -2.49. The highest BCUT2D eigenvalue weighted by Gasteiger charge is 2.40. The van der Waals surface area contributed by atoms with Crippen LogP contribution in [-0.2, 0) is 9.59 Å². The van der Waals surface area contributed by atoms with Gasteiger partial charge in [0.15, 0.2) is 0 Å². The Morgan fingerprint density at radius 1 is 1.14 bits per heavy atom. The molecule has 0 radical (unpaired) electrons. The fourth-order valence-corrected chi connectivity index (χ4v) is 3.70. The van der Waals surface area contributed by atoms with Crippen molar-refractivity contribution in [2.75, 3.05) is 6.54 Å². The number of nitrogens with zero attached hydrogens (tertiary/aromatic N) is 1. The van der Waals surface area contributed by atoms with Gasteiger partial charge in [-0.2, -0.15) is 0 Å². The highest BCUT2D eigenvalue weighted by molar-refractivity contribution is 5.83. The van der Waals surface area contributed by atoms with Crippen molar-refractivity contribution < 1.29 is 9.59 Å². The lowest BCUT2D eigenvalue weighted by molar-refractivity contribution is -0.137. The lowest BCUT2D eigenvalue weighted by atomic mass is 9.79. The van der Waals surface area contributed by atoms with Crippen molar-refractivity contribution in [3.05, 3.63) is 0 Å². The summed E-state index contributed by atoms with van der Waals surface area (Å²) in [4.78, 5) is 25.5. The number of primary amides is 1. The summed E-state index contributed by atoms with van der Waals surface area (Å²) in [7, 11) is 0. The molecule has 1 rings (SSSR count). The average molecular weight is 311 g/mol. The fourth-order valence-electron chi connectivity index (χ4n) is 3.70. The molecule has 0 aromatic heterocycles. The number of hydrogen-bond acceptors (Lipinski definition) is 3. The second-order valence-electron chi connectivity index (χ2n) is 7.86. The van der Waals surface area contributed by atoms with Gasteiger partial charge in [0.05, 0.1) is 0 Å². The molecule has 0 unspecified atom stereocenters. The largest absolute Gasteiger partial charge is 0.370 e. The smallest absolute Gasteiger partial charge is 0.223 e. The molecule has 1 aliphatic heterocycles. The van der Waals surface area contributed by atoms with Crippen LogP contribution in [0.1, 0.15) is 73.1 Å². The number of hydrogen-bond donors (Lipinski definition) is 2. The topological polar surface area (TPSA) is 75.4 Å². The fraction of sp³-hybridized carbons (Fsp3) is 0.882. The molecule has 2 amide bonds. The van der Waals surface area contributed by atoms with Crippen LogP contribution in [0, 0.1) is 0 Å². The van der Waals surface area contributed by atoms with E-state index in [1.165, 1.54) is 0 Å². The van der Waals surface area contributed by atoms with Gasteiger partial charge >= 0.3 is 0 Å². The Bertz CT molecular complexity index is 389. The zero-order valence-electron chi connectivity index (χ0n) is 14.9. The van der Waals surface area contributed by atoms with Gasteiger partial charge in [-0.25, -0.2) is 0 Å².